The van der Waals surface area contributed by atoms with Gasteiger partial charge in [-0.3, -0.25) is 4.79 Å². The van der Waals surface area contributed by atoms with Gasteiger partial charge < -0.3 is 9.73 Å². The van der Waals surface area contributed by atoms with E-state index in [-0.39, 0.29) is 17.6 Å². The molecule has 4 aromatic rings. The lowest BCUT2D eigenvalue weighted by Crippen LogP contribution is -2.33. The summed E-state index contributed by atoms with van der Waals surface area (Å²) in [7, 11) is 0. The van der Waals surface area contributed by atoms with Crippen LogP contribution in [0.5, 0.6) is 0 Å². The molecule has 1 aromatic carbocycles. The van der Waals surface area contributed by atoms with Crippen LogP contribution < -0.4 is 10.9 Å². The summed E-state index contributed by atoms with van der Waals surface area (Å²) in [6, 6.07) is 11.8. The van der Waals surface area contributed by atoms with E-state index in [9.17, 15) is 4.79 Å². The molecular weight excluding hydrogens is 358 g/mol. The van der Waals surface area contributed by atoms with Crippen LogP contribution in [0.25, 0.3) is 16.9 Å². The van der Waals surface area contributed by atoms with Crippen LogP contribution in [-0.4, -0.2) is 35.6 Å². The molecule has 0 aliphatic heterocycles. The molecule has 28 heavy (non-hydrogen) atoms. The highest BCUT2D eigenvalue weighted by Gasteiger charge is 2.25. The largest absolute Gasteiger partial charge is 0.424 e. The molecule has 0 spiro atoms. The maximum absolute atomic E-state index is 12.3. The van der Waals surface area contributed by atoms with Crippen molar-refractivity contribution < 1.29 is 4.42 Å². The Kier molecular flexibility index (Phi) is 4.12. The molecule has 3 heterocycles. The summed E-state index contributed by atoms with van der Waals surface area (Å²) in [6.07, 6.45) is 6.53. The SMILES string of the molecule is O=c1ccc(-n2cncn2)nn1C1CCC(Nc2nc3ccccc3o2)CC1. The molecule has 142 valence electrons. The molecule has 1 aliphatic rings. The minimum absolute atomic E-state index is 0.0673. The second-order valence-electron chi connectivity index (χ2n) is 6.95. The lowest BCUT2D eigenvalue weighted by atomic mass is 9.91. The van der Waals surface area contributed by atoms with Gasteiger partial charge in [0.05, 0.1) is 6.04 Å². The zero-order valence-electron chi connectivity index (χ0n) is 15.1. The van der Waals surface area contributed by atoms with Crippen LogP contribution in [0.2, 0.25) is 0 Å². The molecule has 0 unspecified atom stereocenters. The van der Waals surface area contributed by atoms with E-state index in [1.807, 2.05) is 24.3 Å². The molecule has 0 amide bonds. The maximum atomic E-state index is 12.3. The van der Waals surface area contributed by atoms with E-state index < -0.39 is 0 Å². The number of para-hydroxylation sites is 2. The van der Waals surface area contributed by atoms with Crippen molar-refractivity contribution in [3.05, 3.63) is 59.4 Å². The molecule has 5 rings (SSSR count). The van der Waals surface area contributed by atoms with E-state index in [1.165, 1.54) is 12.4 Å². The Morgan fingerprint density at radius 3 is 2.71 bits per heavy atom. The third-order valence-corrected chi connectivity index (χ3v) is 5.13. The molecule has 9 heteroatoms. The Hall–Kier alpha value is -3.49. The normalized spacial score (nSPS) is 19.7. The van der Waals surface area contributed by atoms with Crippen LogP contribution in [-0.2, 0) is 0 Å². The van der Waals surface area contributed by atoms with Crippen molar-refractivity contribution in [1.82, 2.24) is 29.5 Å². The van der Waals surface area contributed by atoms with Gasteiger partial charge in [-0.05, 0) is 43.9 Å². The molecule has 1 fully saturated rings. The standard InChI is InChI=1S/C19H19N7O2/c27-18-10-9-17(25-12-20-11-21-25)24-26(18)14-7-5-13(6-8-14)22-19-23-15-3-1-2-4-16(15)28-19/h1-4,9-14H,5-8H2,(H,22,23). The smallest absolute Gasteiger partial charge is 0.295 e. The van der Waals surface area contributed by atoms with Gasteiger partial charge in [0.15, 0.2) is 11.4 Å². The van der Waals surface area contributed by atoms with Gasteiger partial charge in [0, 0.05) is 12.1 Å². The first-order chi connectivity index (χ1) is 13.8. The summed E-state index contributed by atoms with van der Waals surface area (Å²) in [5, 5.41) is 12.0. The van der Waals surface area contributed by atoms with E-state index in [1.54, 1.807) is 21.8 Å². The van der Waals surface area contributed by atoms with Gasteiger partial charge in [0.25, 0.3) is 11.6 Å². The van der Waals surface area contributed by atoms with E-state index in [4.69, 9.17) is 4.42 Å². The molecule has 0 atom stereocenters. The number of nitrogens with one attached hydrogen (secondary N) is 1. The van der Waals surface area contributed by atoms with Crippen molar-refractivity contribution in [3.63, 3.8) is 0 Å². The fourth-order valence-corrected chi connectivity index (χ4v) is 3.70. The van der Waals surface area contributed by atoms with Crippen molar-refractivity contribution in [2.24, 2.45) is 0 Å². The number of benzene rings is 1. The predicted octanol–water partition coefficient (Wildman–Crippen LogP) is 2.56. The summed E-state index contributed by atoms with van der Waals surface area (Å²) in [4.78, 5) is 20.7. The molecule has 1 saturated carbocycles. The van der Waals surface area contributed by atoms with Crippen LogP contribution >= 0.6 is 0 Å². The molecule has 1 aliphatic carbocycles. The van der Waals surface area contributed by atoms with Crippen LogP contribution in [0, 0.1) is 0 Å². The lowest BCUT2D eigenvalue weighted by Gasteiger charge is -2.29. The number of anilines is 1. The van der Waals surface area contributed by atoms with Gasteiger partial charge in [-0.15, -0.1) is 5.10 Å². The Morgan fingerprint density at radius 2 is 1.93 bits per heavy atom. The van der Waals surface area contributed by atoms with Gasteiger partial charge in [0.1, 0.15) is 18.2 Å². The first kappa shape index (κ1) is 16.7. The first-order valence-electron chi connectivity index (χ1n) is 9.33. The molecule has 9 nitrogen and oxygen atoms in total. The van der Waals surface area contributed by atoms with Crippen LogP contribution in [0.1, 0.15) is 31.7 Å². The van der Waals surface area contributed by atoms with Crippen molar-refractivity contribution >= 4 is 17.1 Å². The van der Waals surface area contributed by atoms with Crippen molar-refractivity contribution in [2.75, 3.05) is 5.32 Å². The molecule has 1 N–H and O–H groups in total. The molecule has 0 saturated heterocycles. The number of oxazole rings is 1. The van der Waals surface area contributed by atoms with E-state index in [0.29, 0.717) is 11.8 Å². The summed E-state index contributed by atoms with van der Waals surface area (Å²) >= 11 is 0. The van der Waals surface area contributed by atoms with Gasteiger partial charge in [-0.1, -0.05) is 12.1 Å². The van der Waals surface area contributed by atoms with Crippen molar-refractivity contribution in [2.45, 2.75) is 37.8 Å². The Labute approximate surface area is 160 Å². The van der Waals surface area contributed by atoms with Gasteiger partial charge in [-0.2, -0.15) is 10.1 Å². The average Bonchev–Trinajstić information content (AvgIpc) is 3.38. The Morgan fingerprint density at radius 1 is 1.07 bits per heavy atom. The zero-order valence-corrected chi connectivity index (χ0v) is 15.1. The maximum Gasteiger partial charge on any atom is 0.295 e. The monoisotopic (exact) mass is 377 g/mol. The number of fused-ring (bicyclic) bond motifs is 1. The third kappa shape index (κ3) is 3.15. The fraction of sp³-hybridized carbons (Fsp3) is 0.316. The Bertz CT molecular complexity index is 1110. The molecule has 0 radical (unpaired) electrons. The third-order valence-electron chi connectivity index (χ3n) is 5.13. The quantitative estimate of drug-likeness (QED) is 0.583. The molecule has 3 aromatic heterocycles. The predicted molar refractivity (Wildman–Crippen MR) is 102 cm³/mol. The number of aromatic nitrogens is 6. The van der Waals surface area contributed by atoms with Crippen molar-refractivity contribution in [1.29, 1.82) is 0 Å². The highest BCUT2D eigenvalue weighted by Crippen LogP contribution is 2.29. The molecular formula is C19H19N7O2. The second-order valence-corrected chi connectivity index (χ2v) is 6.95. The van der Waals surface area contributed by atoms with Crippen LogP contribution in [0.4, 0.5) is 6.01 Å². The Balaban J connectivity index is 1.28. The summed E-state index contributed by atoms with van der Waals surface area (Å²) in [5.41, 5.74) is 1.53. The number of nitrogens with zero attached hydrogens (tertiary/aromatic N) is 6. The lowest BCUT2D eigenvalue weighted by molar-refractivity contribution is 0.301. The molecule has 0 bridgehead atoms. The van der Waals surface area contributed by atoms with Crippen LogP contribution in [0.3, 0.4) is 0 Å². The van der Waals surface area contributed by atoms with Crippen LogP contribution in [0.15, 0.2) is 58.3 Å². The first-order valence-corrected chi connectivity index (χ1v) is 9.33. The minimum atomic E-state index is -0.0979. The second kappa shape index (κ2) is 6.91. The summed E-state index contributed by atoms with van der Waals surface area (Å²) in [5.74, 6) is 0.587. The van der Waals surface area contributed by atoms with E-state index >= 15 is 0 Å². The fourth-order valence-electron chi connectivity index (χ4n) is 3.70. The zero-order chi connectivity index (χ0) is 18.9. The minimum Gasteiger partial charge on any atom is -0.424 e. The summed E-state index contributed by atoms with van der Waals surface area (Å²) < 4.78 is 8.88. The number of hydrogen-bond donors (Lipinski definition) is 1. The highest BCUT2D eigenvalue weighted by atomic mass is 16.4. The topological polar surface area (TPSA) is 104 Å². The van der Waals surface area contributed by atoms with Crippen molar-refractivity contribution in [3.8, 4) is 5.82 Å². The van der Waals surface area contributed by atoms with Gasteiger partial charge in [0.2, 0.25) is 0 Å². The number of rotatable bonds is 4. The average molecular weight is 377 g/mol. The van der Waals surface area contributed by atoms with E-state index in [2.05, 4.69) is 25.5 Å². The van der Waals surface area contributed by atoms with Gasteiger partial charge in [-0.25, -0.2) is 14.3 Å². The highest BCUT2D eigenvalue weighted by molar-refractivity contribution is 5.74. The number of hydrogen-bond acceptors (Lipinski definition) is 7. The van der Waals surface area contributed by atoms with Gasteiger partial charge >= 0.3 is 0 Å². The summed E-state index contributed by atoms with van der Waals surface area (Å²) in [6.45, 7) is 0. The van der Waals surface area contributed by atoms with E-state index in [0.717, 1.165) is 36.8 Å².